The first-order valence-electron chi connectivity index (χ1n) is 6.07. The van der Waals surface area contributed by atoms with Crippen molar-refractivity contribution in [1.82, 2.24) is 0 Å². The number of halogens is 2. The van der Waals surface area contributed by atoms with Crippen LogP contribution in [0.25, 0.3) is 0 Å². The van der Waals surface area contributed by atoms with Gasteiger partial charge in [0.15, 0.2) is 0 Å². The summed E-state index contributed by atoms with van der Waals surface area (Å²) >= 11 is 13.7. The molecular weight excluding hydrogens is 311 g/mol. The molecule has 0 radical (unpaired) electrons. The summed E-state index contributed by atoms with van der Waals surface area (Å²) in [4.78, 5) is 1.17. The molecule has 0 spiro atoms. The molecule has 0 N–H and O–H groups in total. The minimum absolute atomic E-state index is 0.498. The van der Waals surface area contributed by atoms with Crippen molar-refractivity contribution < 1.29 is 4.74 Å². The molecule has 4 heteroatoms. The molecule has 0 aliphatic heterocycles. The van der Waals surface area contributed by atoms with E-state index in [0.29, 0.717) is 15.8 Å². The van der Waals surface area contributed by atoms with Crippen LogP contribution >= 0.6 is 35.0 Å². The van der Waals surface area contributed by atoms with E-state index in [0.717, 1.165) is 11.5 Å². The summed E-state index contributed by atoms with van der Waals surface area (Å²) < 4.78 is 5.81. The summed E-state index contributed by atoms with van der Waals surface area (Å²) in [7, 11) is 0. The third-order valence-corrected chi connectivity index (χ3v) is 4.32. The molecule has 2 aromatic rings. The van der Waals surface area contributed by atoms with Gasteiger partial charge < -0.3 is 4.74 Å². The molecule has 20 heavy (non-hydrogen) atoms. The average molecular weight is 325 g/mol. The Labute approximate surface area is 133 Å². The van der Waals surface area contributed by atoms with Gasteiger partial charge in [-0.05, 0) is 42.8 Å². The maximum Gasteiger partial charge on any atom is 0.146 e. The smallest absolute Gasteiger partial charge is 0.146 e. The van der Waals surface area contributed by atoms with E-state index in [2.05, 4.69) is 13.5 Å². The van der Waals surface area contributed by atoms with E-state index in [-0.39, 0.29) is 0 Å². The van der Waals surface area contributed by atoms with E-state index < -0.39 is 0 Å². The van der Waals surface area contributed by atoms with E-state index in [1.165, 1.54) is 10.5 Å². The fourth-order valence-corrected chi connectivity index (χ4v) is 2.87. The fraction of sp³-hybridized carbons (Fsp3) is 0.125. The summed E-state index contributed by atoms with van der Waals surface area (Å²) in [5.74, 6) is 2.22. The van der Waals surface area contributed by atoms with Gasteiger partial charge in [-0.1, -0.05) is 35.3 Å². The van der Waals surface area contributed by atoms with Crippen LogP contribution in [-0.2, 0) is 0 Å². The van der Waals surface area contributed by atoms with E-state index >= 15 is 0 Å². The first-order valence-corrected chi connectivity index (χ1v) is 7.81. The van der Waals surface area contributed by atoms with Gasteiger partial charge in [0, 0.05) is 15.7 Å². The molecule has 2 rings (SSSR count). The SMILES string of the molecule is C=CCSc1cc(Oc2ccc(Cl)cc2Cl)ccc1C. The van der Waals surface area contributed by atoms with E-state index in [4.69, 9.17) is 27.9 Å². The van der Waals surface area contributed by atoms with Crippen LogP contribution < -0.4 is 4.74 Å². The molecule has 2 aromatic carbocycles. The van der Waals surface area contributed by atoms with Crippen molar-refractivity contribution in [3.05, 3.63) is 64.7 Å². The summed E-state index contributed by atoms with van der Waals surface area (Å²) in [6.07, 6.45) is 1.88. The highest BCUT2D eigenvalue weighted by atomic mass is 35.5. The zero-order valence-corrected chi connectivity index (χ0v) is 13.4. The molecular formula is C16H14Cl2OS. The monoisotopic (exact) mass is 324 g/mol. The van der Waals surface area contributed by atoms with Gasteiger partial charge in [-0.25, -0.2) is 0 Å². The maximum absolute atomic E-state index is 6.11. The van der Waals surface area contributed by atoms with Crippen molar-refractivity contribution in [2.45, 2.75) is 11.8 Å². The number of hydrogen-bond donors (Lipinski definition) is 0. The Balaban J connectivity index is 2.22. The summed E-state index contributed by atoms with van der Waals surface area (Å²) in [5.41, 5.74) is 1.21. The third kappa shape index (κ3) is 3.95. The Bertz CT molecular complexity index is 626. The van der Waals surface area contributed by atoms with Crippen LogP contribution in [0.5, 0.6) is 11.5 Å². The molecule has 104 valence electrons. The van der Waals surface area contributed by atoms with E-state index in [1.54, 1.807) is 30.0 Å². The van der Waals surface area contributed by atoms with Gasteiger partial charge >= 0.3 is 0 Å². The lowest BCUT2D eigenvalue weighted by Crippen LogP contribution is -1.88. The van der Waals surface area contributed by atoms with Crippen LogP contribution in [0, 0.1) is 6.92 Å². The highest BCUT2D eigenvalue weighted by Gasteiger charge is 2.06. The van der Waals surface area contributed by atoms with Gasteiger partial charge in [0.05, 0.1) is 5.02 Å². The summed E-state index contributed by atoms with van der Waals surface area (Å²) in [5, 5.41) is 1.09. The van der Waals surface area contributed by atoms with E-state index in [9.17, 15) is 0 Å². The van der Waals surface area contributed by atoms with Gasteiger partial charge in [-0.2, -0.15) is 0 Å². The largest absolute Gasteiger partial charge is 0.456 e. The minimum atomic E-state index is 0.498. The number of thioether (sulfide) groups is 1. The Morgan fingerprint density at radius 3 is 2.70 bits per heavy atom. The van der Waals surface area contributed by atoms with Crippen LogP contribution in [0.15, 0.2) is 53.9 Å². The second-order valence-electron chi connectivity index (χ2n) is 4.20. The number of rotatable bonds is 5. The average Bonchev–Trinajstić information content (AvgIpc) is 2.42. The first-order chi connectivity index (χ1) is 9.60. The number of benzene rings is 2. The Hall–Kier alpha value is -1.09. The van der Waals surface area contributed by atoms with Crippen LogP contribution in [0.4, 0.5) is 0 Å². The first kappa shape index (κ1) is 15.3. The molecule has 0 aliphatic carbocycles. The van der Waals surface area contributed by atoms with Crippen molar-refractivity contribution in [2.75, 3.05) is 5.75 Å². The molecule has 1 nitrogen and oxygen atoms in total. The molecule has 0 fully saturated rings. The highest BCUT2D eigenvalue weighted by molar-refractivity contribution is 7.99. The molecule has 0 amide bonds. The summed E-state index contributed by atoms with van der Waals surface area (Å²) in [6, 6.07) is 11.2. The van der Waals surface area contributed by atoms with E-state index in [1.807, 2.05) is 24.3 Å². The van der Waals surface area contributed by atoms with Crippen molar-refractivity contribution in [1.29, 1.82) is 0 Å². The van der Waals surface area contributed by atoms with Crippen molar-refractivity contribution in [3.8, 4) is 11.5 Å². The standard InChI is InChI=1S/C16H14Cl2OS/c1-3-8-20-16-10-13(6-4-11(16)2)19-15-7-5-12(17)9-14(15)18/h3-7,9-10H,1,8H2,2H3. The predicted molar refractivity (Wildman–Crippen MR) is 88.6 cm³/mol. The van der Waals surface area contributed by atoms with Gasteiger partial charge in [-0.3, -0.25) is 0 Å². The molecule has 0 unspecified atom stereocenters. The second kappa shape index (κ2) is 7.07. The molecule has 0 aliphatic rings. The van der Waals surface area contributed by atoms with Gasteiger partial charge in [0.2, 0.25) is 0 Å². The van der Waals surface area contributed by atoms with Crippen LogP contribution in [0.1, 0.15) is 5.56 Å². The third-order valence-electron chi connectivity index (χ3n) is 2.64. The van der Waals surface area contributed by atoms with Crippen molar-refractivity contribution in [3.63, 3.8) is 0 Å². The molecule has 0 saturated carbocycles. The fourth-order valence-electron chi connectivity index (χ4n) is 1.63. The Morgan fingerprint density at radius 1 is 1.20 bits per heavy atom. The maximum atomic E-state index is 6.11. The summed E-state index contributed by atoms with van der Waals surface area (Å²) in [6.45, 7) is 5.81. The van der Waals surface area contributed by atoms with Gasteiger partial charge in [0.25, 0.3) is 0 Å². The molecule has 0 bridgehead atoms. The van der Waals surface area contributed by atoms with Crippen LogP contribution in [0.2, 0.25) is 10.0 Å². The zero-order valence-electron chi connectivity index (χ0n) is 11.0. The van der Waals surface area contributed by atoms with Crippen LogP contribution in [0.3, 0.4) is 0 Å². The Morgan fingerprint density at radius 2 is 2.00 bits per heavy atom. The lowest BCUT2D eigenvalue weighted by atomic mass is 10.2. The molecule has 0 atom stereocenters. The minimum Gasteiger partial charge on any atom is -0.456 e. The molecule has 0 saturated heterocycles. The highest BCUT2D eigenvalue weighted by Crippen LogP contribution is 2.34. The molecule has 0 heterocycles. The number of ether oxygens (including phenoxy) is 1. The second-order valence-corrected chi connectivity index (χ2v) is 6.11. The van der Waals surface area contributed by atoms with Gasteiger partial charge in [-0.15, -0.1) is 18.3 Å². The van der Waals surface area contributed by atoms with Crippen molar-refractivity contribution in [2.24, 2.45) is 0 Å². The van der Waals surface area contributed by atoms with Crippen molar-refractivity contribution >= 4 is 35.0 Å². The Kier molecular flexibility index (Phi) is 5.41. The quantitative estimate of drug-likeness (QED) is 0.466. The topological polar surface area (TPSA) is 9.23 Å². The van der Waals surface area contributed by atoms with Gasteiger partial charge in [0.1, 0.15) is 11.5 Å². The predicted octanol–water partition coefficient (Wildman–Crippen LogP) is 6.37. The normalized spacial score (nSPS) is 10.3. The zero-order chi connectivity index (χ0) is 14.5. The lowest BCUT2D eigenvalue weighted by molar-refractivity contribution is 0.481. The number of aryl methyl sites for hydroxylation is 1. The van der Waals surface area contributed by atoms with Crippen LogP contribution in [-0.4, -0.2) is 5.75 Å². The lowest BCUT2D eigenvalue weighted by Gasteiger charge is -2.10. The number of hydrogen-bond acceptors (Lipinski definition) is 2. The molecule has 0 aromatic heterocycles.